The summed E-state index contributed by atoms with van der Waals surface area (Å²) in [5.41, 5.74) is 8.40. The second-order valence-electron chi connectivity index (χ2n) is 6.94. The van der Waals surface area contributed by atoms with Crippen LogP contribution in [0.15, 0.2) is 53.5 Å². The third-order valence-corrected chi connectivity index (χ3v) is 4.96. The van der Waals surface area contributed by atoms with Gasteiger partial charge >= 0.3 is 0 Å². The zero-order valence-electron chi connectivity index (χ0n) is 14.9. The van der Waals surface area contributed by atoms with E-state index in [2.05, 4.69) is 12.2 Å². The van der Waals surface area contributed by atoms with Crippen molar-refractivity contribution >= 4 is 28.4 Å². The molecule has 0 saturated carbocycles. The van der Waals surface area contributed by atoms with E-state index < -0.39 is 11.8 Å². The molecule has 1 aromatic heterocycles. The molecule has 3 N–H and O–H groups in total. The highest BCUT2D eigenvalue weighted by Gasteiger charge is 2.24. The molecule has 3 aromatic rings. The first kappa shape index (κ1) is 17.0. The van der Waals surface area contributed by atoms with Crippen molar-refractivity contribution in [1.82, 2.24) is 4.57 Å². The lowest BCUT2D eigenvalue weighted by Gasteiger charge is -2.13. The molecule has 136 valence electrons. The third kappa shape index (κ3) is 2.99. The predicted octanol–water partition coefficient (Wildman–Crippen LogP) is 2.40. The van der Waals surface area contributed by atoms with Crippen molar-refractivity contribution in [3.8, 4) is 0 Å². The molecule has 0 saturated heterocycles. The molecule has 1 atom stereocenters. The van der Waals surface area contributed by atoms with Gasteiger partial charge in [-0.1, -0.05) is 24.3 Å². The van der Waals surface area contributed by atoms with Gasteiger partial charge in [-0.15, -0.1) is 0 Å². The summed E-state index contributed by atoms with van der Waals surface area (Å²) in [6.45, 7) is 2.07. The van der Waals surface area contributed by atoms with Crippen molar-refractivity contribution in [2.75, 3.05) is 5.32 Å². The first-order valence-electron chi connectivity index (χ1n) is 8.79. The van der Waals surface area contributed by atoms with Crippen LogP contribution in [0.2, 0.25) is 0 Å². The van der Waals surface area contributed by atoms with Gasteiger partial charge in [-0.2, -0.15) is 0 Å². The highest BCUT2D eigenvalue weighted by Crippen LogP contribution is 2.30. The molecule has 6 heteroatoms. The standard InChI is InChI=1S/C21H19N3O3/c1-12-9-14-3-2-4-16-19(14)24(12)11-17(20(16)26)21(27)23-15-7-5-13(6-8-15)10-18(22)25/h2-8,11-12H,9-10H2,1H3,(H2,22,25)(H,23,27). The van der Waals surface area contributed by atoms with Crippen LogP contribution < -0.4 is 16.5 Å². The van der Waals surface area contributed by atoms with Gasteiger partial charge in [0.05, 0.1) is 11.9 Å². The summed E-state index contributed by atoms with van der Waals surface area (Å²) in [6.07, 6.45) is 2.65. The summed E-state index contributed by atoms with van der Waals surface area (Å²) in [6, 6.07) is 12.7. The topological polar surface area (TPSA) is 94.2 Å². The average Bonchev–Trinajstić information content (AvgIpc) is 2.95. The number of nitrogens with one attached hydrogen (secondary N) is 1. The normalized spacial score (nSPS) is 15.1. The number of hydrogen-bond acceptors (Lipinski definition) is 3. The molecule has 1 aliphatic rings. The Morgan fingerprint density at radius 1 is 1.19 bits per heavy atom. The van der Waals surface area contributed by atoms with Gasteiger partial charge in [0.1, 0.15) is 5.56 Å². The predicted molar refractivity (Wildman–Crippen MR) is 104 cm³/mol. The average molecular weight is 361 g/mol. The molecule has 0 aliphatic carbocycles. The number of aromatic nitrogens is 1. The Bertz CT molecular complexity index is 1130. The van der Waals surface area contributed by atoms with Crippen LogP contribution in [0.4, 0.5) is 5.69 Å². The second-order valence-corrected chi connectivity index (χ2v) is 6.94. The molecule has 1 unspecified atom stereocenters. The molecule has 2 amide bonds. The van der Waals surface area contributed by atoms with Gasteiger partial charge < -0.3 is 15.6 Å². The molecule has 0 radical (unpaired) electrons. The zero-order valence-corrected chi connectivity index (χ0v) is 14.9. The zero-order chi connectivity index (χ0) is 19.1. The quantitative estimate of drug-likeness (QED) is 0.747. The van der Waals surface area contributed by atoms with Crippen LogP contribution in [0.3, 0.4) is 0 Å². The molecule has 2 heterocycles. The first-order chi connectivity index (χ1) is 12.9. The van der Waals surface area contributed by atoms with E-state index in [-0.39, 0.29) is 23.5 Å². The molecule has 27 heavy (non-hydrogen) atoms. The van der Waals surface area contributed by atoms with Gasteiger partial charge in [-0.25, -0.2) is 0 Å². The fourth-order valence-electron chi connectivity index (χ4n) is 3.68. The fourth-order valence-corrected chi connectivity index (χ4v) is 3.68. The van der Waals surface area contributed by atoms with Gasteiger partial charge in [-0.05, 0) is 42.7 Å². The Morgan fingerprint density at radius 2 is 1.93 bits per heavy atom. The van der Waals surface area contributed by atoms with E-state index >= 15 is 0 Å². The van der Waals surface area contributed by atoms with Crippen molar-refractivity contribution in [3.63, 3.8) is 0 Å². The maximum atomic E-state index is 12.8. The van der Waals surface area contributed by atoms with Gasteiger partial charge in [0.15, 0.2) is 0 Å². The molecule has 0 fully saturated rings. The van der Waals surface area contributed by atoms with Crippen molar-refractivity contribution in [2.24, 2.45) is 5.73 Å². The van der Waals surface area contributed by atoms with E-state index in [4.69, 9.17) is 5.73 Å². The first-order valence-corrected chi connectivity index (χ1v) is 8.79. The number of pyridine rings is 1. The van der Waals surface area contributed by atoms with Crippen LogP contribution in [0.1, 0.15) is 34.5 Å². The summed E-state index contributed by atoms with van der Waals surface area (Å²) in [4.78, 5) is 36.6. The Balaban J connectivity index is 1.67. The Labute approximate surface area is 155 Å². The van der Waals surface area contributed by atoms with E-state index in [1.54, 1.807) is 36.5 Å². The lowest BCUT2D eigenvalue weighted by molar-refractivity contribution is -0.117. The monoisotopic (exact) mass is 361 g/mol. The highest BCUT2D eigenvalue weighted by atomic mass is 16.2. The molecule has 0 bridgehead atoms. The van der Waals surface area contributed by atoms with Crippen LogP contribution in [-0.2, 0) is 17.6 Å². The van der Waals surface area contributed by atoms with Crippen molar-refractivity contribution < 1.29 is 9.59 Å². The van der Waals surface area contributed by atoms with Crippen LogP contribution in [0, 0.1) is 0 Å². The molecule has 6 nitrogen and oxygen atoms in total. The largest absolute Gasteiger partial charge is 0.369 e. The lowest BCUT2D eigenvalue weighted by atomic mass is 10.1. The highest BCUT2D eigenvalue weighted by molar-refractivity contribution is 6.06. The summed E-state index contributed by atoms with van der Waals surface area (Å²) < 4.78 is 2.01. The number of hydrogen-bond donors (Lipinski definition) is 2. The minimum absolute atomic E-state index is 0.120. The second kappa shape index (κ2) is 6.39. The molecule has 2 aromatic carbocycles. The fraction of sp³-hybridized carbons (Fsp3) is 0.190. The van der Waals surface area contributed by atoms with Crippen LogP contribution in [0.25, 0.3) is 10.9 Å². The van der Waals surface area contributed by atoms with E-state index in [0.717, 1.165) is 23.1 Å². The van der Waals surface area contributed by atoms with E-state index in [9.17, 15) is 14.4 Å². The van der Waals surface area contributed by atoms with Crippen molar-refractivity contribution in [2.45, 2.75) is 25.8 Å². The Kier molecular flexibility index (Phi) is 4.03. The number of rotatable bonds is 4. The molecule has 0 spiro atoms. The summed E-state index contributed by atoms with van der Waals surface area (Å²) >= 11 is 0. The minimum atomic E-state index is -0.446. The number of para-hydroxylation sites is 1. The molecular weight excluding hydrogens is 342 g/mol. The Morgan fingerprint density at radius 3 is 2.63 bits per heavy atom. The minimum Gasteiger partial charge on any atom is -0.369 e. The third-order valence-electron chi connectivity index (χ3n) is 4.96. The lowest BCUT2D eigenvalue weighted by Crippen LogP contribution is -2.23. The van der Waals surface area contributed by atoms with Gasteiger partial charge in [-0.3, -0.25) is 14.4 Å². The van der Waals surface area contributed by atoms with Crippen LogP contribution in [0.5, 0.6) is 0 Å². The number of carbonyl (C=O) groups excluding carboxylic acids is 2. The van der Waals surface area contributed by atoms with Gasteiger partial charge in [0.2, 0.25) is 11.3 Å². The van der Waals surface area contributed by atoms with Crippen molar-refractivity contribution in [1.29, 1.82) is 0 Å². The molecule has 1 aliphatic heterocycles. The molecular formula is C21H19N3O3. The van der Waals surface area contributed by atoms with Crippen LogP contribution in [-0.4, -0.2) is 16.4 Å². The maximum absolute atomic E-state index is 12.8. The van der Waals surface area contributed by atoms with E-state index in [1.807, 2.05) is 16.7 Å². The number of anilines is 1. The van der Waals surface area contributed by atoms with E-state index in [1.165, 1.54) is 0 Å². The SMILES string of the molecule is CC1Cc2cccc3c(=O)c(C(=O)Nc4ccc(CC(N)=O)cc4)cn1c23. The maximum Gasteiger partial charge on any atom is 0.261 e. The van der Waals surface area contributed by atoms with Crippen molar-refractivity contribution in [3.05, 3.63) is 75.6 Å². The van der Waals surface area contributed by atoms with Gasteiger partial charge in [0, 0.05) is 23.3 Å². The van der Waals surface area contributed by atoms with Gasteiger partial charge in [0.25, 0.3) is 5.91 Å². The number of nitrogens with two attached hydrogens (primary N) is 1. The van der Waals surface area contributed by atoms with E-state index in [0.29, 0.717) is 11.1 Å². The number of amides is 2. The summed E-state index contributed by atoms with van der Waals surface area (Å²) in [7, 11) is 0. The smallest absolute Gasteiger partial charge is 0.261 e. The molecule has 4 rings (SSSR count). The number of primary amides is 1. The van der Waals surface area contributed by atoms with Crippen LogP contribution >= 0.6 is 0 Å². The Hall–Kier alpha value is -3.41. The number of nitrogens with zero attached hydrogens (tertiary/aromatic N) is 1. The summed E-state index contributed by atoms with van der Waals surface area (Å²) in [5, 5.41) is 3.33. The number of benzene rings is 2. The summed E-state index contributed by atoms with van der Waals surface area (Å²) in [5.74, 6) is -0.861. The number of carbonyl (C=O) groups is 2.